The predicted molar refractivity (Wildman–Crippen MR) is 59.5 cm³/mol. The van der Waals surface area contributed by atoms with Crippen LogP contribution in [-0.4, -0.2) is 9.78 Å². The highest BCUT2D eigenvalue weighted by Crippen LogP contribution is 2.14. The largest absolute Gasteiger partial charge is 0.441 e. The fourth-order valence-electron chi connectivity index (χ4n) is 1.35. The quantitative estimate of drug-likeness (QED) is 0.784. The van der Waals surface area contributed by atoms with Gasteiger partial charge in [-0.15, -0.1) is 5.10 Å². The molecule has 0 bridgehead atoms. The fraction of sp³-hybridized carbons (Fsp3) is 0.200. The minimum absolute atomic E-state index is 0.365. The van der Waals surface area contributed by atoms with Crippen LogP contribution in [0.2, 0.25) is 0 Å². The Balaban J connectivity index is 2.63. The first-order chi connectivity index (χ1) is 7.22. The zero-order chi connectivity index (χ0) is 10.8. The maximum Gasteiger partial charge on any atom is 0.441 e. The lowest BCUT2D eigenvalue weighted by atomic mass is 10.2. The molecule has 2 aromatic rings. The second kappa shape index (κ2) is 4.02. The van der Waals surface area contributed by atoms with Gasteiger partial charge in [0.25, 0.3) is 0 Å². The van der Waals surface area contributed by atoms with E-state index < -0.39 is 5.76 Å². The molecule has 0 saturated carbocycles. The van der Waals surface area contributed by atoms with Crippen molar-refractivity contribution in [3.63, 3.8) is 0 Å². The Morgan fingerprint density at radius 1 is 1.47 bits per heavy atom. The van der Waals surface area contributed by atoms with E-state index in [4.69, 9.17) is 4.42 Å². The monoisotopic (exact) mass is 268 g/mol. The molecule has 0 spiro atoms. The summed E-state index contributed by atoms with van der Waals surface area (Å²) in [5, 5.41) is 4.67. The Kier molecular flexibility index (Phi) is 2.73. The SMILES string of the molecule is Cc1nn(-c2ccccc2CBr)c(=O)o1. The number of hydrogen-bond acceptors (Lipinski definition) is 3. The molecule has 0 fully saturated rings. The third-order valence-corrected chi connectivity index (χ3v) is 2.62. The van der Waals surface area contributed by atoms with Crippen LogP contribution in [0.25, 0.3) is 5.69 Å². The van der Waals surface area contributed by atoms with Crippen LogP contribution < -0.4 is 5.76 Å². The van der Waals surface area contributed by atoms with E-state index >= 15 is 0 Å². The van der Waals surface area contributed by atoms with Gasteiger partial charge in [-0.3, -0.25) is 0 Å². The third kappa shape index (κ3) is 1.87. The molecule has 1 aromatic carbocycles. The number of nitrogens with zero attached hydrogens (tertiary/aromatic N) is 2. The van der Waals surface area contributed by atoms with E-state index in [1.807, 2.05) is 24.3 Å². The molecule has 78 valence electrons. The van der Waals surface area contributed by atoms with Crippen molar-refractivity contribution in [3.05, 3.63) is 46.3 Å². The summed E-state index contributed by atoms with van der Waals surface area (Å²) in [6.45, 7) is 1.65. The Morgan fingerprint density at radius 3 is 2.80 bits per heavy atom. The zero-order valence-corrected chi connectivity index (χ0v) is 9.69. The Morgan fingerprint density at radius 2 is 2.20 bits per heavy atom. The average Bonchev–Trinajstić information content (AvgIpc) is 2.57. The Hall–Kier alpha value is -1.36. The minimum Gasteiger partial charge on any atom is -0.392 e. The van der Waals surface area contributed by atoms with Gasteiger partial charge in [0.05, 0.1) is 5.69 Å². The molecule has 0 amide bonds. The normalized spacial score (nSPS) is 10.5. The maximum absolute atomic E-state index is 11.4. The van der Waals surface area contributed by atoms with E-state index in [-0.39, 0.29) is 0 Å². The van der Waals surface area contributed by atoms with E-state index in [2.05, 4.69) is 21.0 Å². The van der Waals surface area contributed by atoms with Gasteiger partial charge in [0, 0.05) is 12.3 Å². The second-order valence-corrected chi connectivity index (χ2v) is 3.62. The summed E-state index contributed by atoms with van der Waals surface area (Å²) in [4.78, 5) is 11.4. The lowest BCUT2D eigenvalue weighted by Crippen LogP contribution is -2.14. The highest BCUT2D eigenvalue weighted by molar-refractivity contribution is 9.08. The van der Waals surface area contributed by atoms with Crippen LogP contribution in [0.15, 0.2) is 33.5 Å². The molecule has 0 aliphatic heterocycles. The summed E-state index contributed by atoms with van der Waals surface area (Å²) in [6, 6.07) is 7.54. The number of aromatic nitrogens is 2. The van der Waals surface area contributed by atoms with Gasteiger partial charge < -0.3 is 4.42 Å². The highest BCUT2D eigenvalue weighted by Gasteiger charge is 2.09. The maximum atomic E-state index is 11.4. The summed E-state index contributed by atoms with van der Waals surface area (Å²) in [5.74, 6) is -0.0923. The average molecular weight is 269 g/mol. The molecule has 5 heteroatoms. The number of hydrogen-bond donors (Lipinski definition) is 0. The molecule has 0 aliphatic carbocycles. The predicted octanol–water partition coefficient (Wildman–Crippen LogP) is 2.03. The molecule has 0 unspecified atom stereocenters. The molecular weight excluding hydrogens is 260 g/mol. The van der Waals surface area contributed by atoms with Gasteiger partial charge in [0.1, 0.15) is 0 Å². The summed E-state index contributed by atoms with van der Waals surface area (Å²) in [7, 11) is 0. The Bertz CT molecular complexity index is 530. The molecule has 15 heavy (non-hydrogen) atoms. The molecule has 1 heterocycles. The summed E-state index contributed by atoms with van der Waals surface area (Å²) >= 11 is 3.36. The van der Waals surface area contributed by atoms with Crippen LogP contribution in [0.1, 0.15) is 11.5 Å². The highest BCUT2D eigenvalue weighted by atomic mass is 79.9. The molecule has 0 saturated heterocycles. The van der Waals surface area contributed by atoms with Gasteiger partial charge in [-0.25, -0.2) is 4.79 Å². The first-order valence-corrected chi connectivity index (χ1v) is 5.55. The fourth-order valence-corrected chi connectivity index (χ4v) is 1.83. The topological polar surface area (TPSA) is 48.0 Å². The van der Waals surface area contributed by atoms with Crippen molar-refractivity contribution in [1.82, 2.24) is 9.78 Å². The summed E-state index contributed by atoms with van der Waals surface area (Å²) < 4.78 is 6.12. The Labute approximate surface area is 94.7 Å². The zero-order valence-electron chi connectivity index (χ0n) is 8.11. The second-order valence-electron chi connectivity index (χ2n) is 3.06. The van der Waals surface area contributed by atoms with E-state index in [1.165, 1.54) is 4.68 Å². The summed E-state index contributed by atoms with van der Waals surface area (Å²) in [5.41, 5.74) is 1.74. The van der Waals surface area contributed by atoms with E-state index in [0.29, 0.717) is 11.2 Å². The van der Waals surface area contributed by atoms with Gasteiger partial charge in [-0.05, 0) is 11.6 Å². The van der Waals surface area contributed by atoms with Gasteiger partial charge in [0.15, 0.2) is 0 Å². The van der Waals surface area contributed by atoms with Crippen molar-refractivity contribution >= 4 is 15.9 Å². The van der Waals surface area contributed by atoms with Crippen molar-refractivity contribution in [2.24, 2.45) is 0 Å². The van der Waals surface area contributed by atoms with Crippen LogP contribution in [0.4, 0.5) is 0 Å². The molecule has 0 aliphatic rings. The summed E-state index contributed by atoms with van der Waals surface area (Å²) in [6.07, 6.45) is 0. The van der Waals surface area contributed by atoms with Crippen LogP contribution in [0, 0.1) is 6.92 Å². The number of rotatable bonds is 2. The first-order valence-electron chi connectivity index (χ1n) is 4.43. The molecule has 2 rings (SSSR count). The lowest BCUT2D eigenvalue weighted by molar-refractivity contribution is 0.477. The first kappa shape index (κ1) is 10.2. The van der Waals surface area contributed by atoms with Crippen LogP contribution in [0.3, 0.4) is 0 Å². The molecule has 1 aromatic heterocycles. The molecule has 4 nitrogen and oxygen atoms in total. The number of aryl methyl sites for hydroxylation is 1. The van der Waals surface area contributed by atoms with Crippen molar-refractivity contribution in [2.45, 2.75) is 12.3 Å². The van der Waals surface area contributed by atoms with E-state index in [1.54, 1.807) is 6.92 Å². The van der Waals surface area contributed by atoms with E-state index in [9.17, 15) is 4.79 Å². The molecule has 0 atom stereocenters. The van der Waals surface area contributed by atoms with Gasteiger partial charge in [-0.1, -0.05) is 34.1 Å². The lowest BCUT2D eigenvalue weighted by Gasteiger charge is -2.03. The smallest absolute Gasteiger partial charge is 0.392 e. The minimum atomic E-state index is -0.457. The van der Waals surface area contributed by atoms with Crippen LogP contribution in [0.5, 0.6) is 0 Å². The molecule has 0 radical (unpaired) electrons. The van der Waals surface area contributed by atoms with Crippen molar-refractivity contribution in [2.75, 3.05) is 0 Å². The van der Waals surface area contributed by atoms with Crippen LogP contribution in [-0.2, 0) is 5.33 Å². The van der Waals surface area contributed by atoms with Gasteiger partial charge in [-0.2, -0.15) is 4.68 Å². The molecule has 0 N–H and O–H groups in total. The van der Waals surface area contributed by atoms with Crippen molar-refractivity contribution < 1.29 is 4.42 Å². The third-order valence-electron chi connectivity index (χ3n) is 2.01. The number of benzene rings is 1. The van der Waals surface area contributed by atoms with Gasteiger partial charge in [0.2, 0.25) is 5.89 Å². The number of alkyl halides is 1. The van der Waals surface area contributed by atoms with Crippen LogP contribution >= 0.6 is 15.9 Å². The molecular formula is C10H9BrN2O2. The standard InChI is InChI=1S/C10H9BrN2O2/c1-7-12-13(10(14)15-7)9-5-3-2-4-8(9)6-11/h2-5H,6H2,1H3. The van der Waals surface area contributed by atoms with Gasteiger partial charge >= 0.3 is 5.76 Å². The van der Waals surface area contributed by atoms with Crippen molar-refractivity contribution in [1.29, 1.82) is 0 Å². The van der Waals surface area contributed by atoms with Crippen molar-refractivity contribution in [3.8, 4) is 5.69 Å². The number of para-hydroxylation sites is 1. The number of halogens is 1. The van der Waals surface area contributed by atoms with E-state index in [0.717, 1.165) is 11.3 Å².